The third kappa shape index (κ3) is 3.45. The fourth-order valence-electron chi connectivity index (χ4n) is 3.03. The van der Waals surface area contributed by atoms with Crippen molar-refractivity contribution in [2.45, 2.75) is 32.4 Å². The van der Waals surface area contributed by atoms with Crippen LogP contribution in [0, 0.1) is 5.92 Å². The first kappa shape index (κ1) is 14.5. The first-order chi connectivity index (χ1) is 11.3. The Hall–Kier alpha value is -2.14. The normalized spacial score (nSPS) is 17.2. The molecule has 23 heavy (non-hydrogen) atoms. The molecule has 0 atom stereocenters. The largest absolute Gasteiger partial charge is 0.436 e. The standard InChI is InChI=1S/C18H21N3O2/c22-17(19-9-8-13-4-2-1-3-5-13)18-20-15-11-21(10-14-6-7-14)12-16(15)23-18/h1-5,14H,6-12H2,(H,19,22). The molecule has 1 aliphatic heterocycles. The number of nitrogens with zero attached hydrogens (tertiary/aromatic N) is 2. The van der Waals surface area contributed by atoms with Gasteiger partial charge in [-0.1, -0.05) is 30.3 Å². The number of benzene rings is 1. The molecule has 0 unspecified atom stereocenters. The van der Waals surface area contributed by atoms with E-state index in [0.717, 1.165) is 43.4 Å². The molecule has 0 bridgehead atoms. The van der Waals surface area contributed by atoms with Gasteiger partial charge in [0.2, 0.25) is 0 Å². The van der Waals surface area contributed by atoms with Gasteiger partial charge in [-0.05, 0) is 30.7 Å². The number of nitrogens with one attached hydrogen (secondary N) is 1. The van der Waals surface area contributed by atoms with Crippen LogP contribution in [0.1, 0.15) is 40.5 Å². The Balaban J connectivity index is 1.28. The zero-order valence-electron chi connectivity index (χ0n) is 13.1. The fraction of sp³-hybridized carbons (Fsp3) is 0.444. The van der Waals surface area contributed by atoms with Crippen LogP contribution >= 0.6 is 0 Å². The molecule has 2 aliphatic rings. The minimum absolute atomic E-state index is 0.203. The SMILES string of the molecule is O=C(NCCc1ccccc1)c1nc2c(o1)CN(CC1CC1)C2. The smallest absolute Gasteiger partial charge is 0.307 e. The van der Waals surface area contributed by atoms with Crippen LogP contribution in [0.5, 0.6) is 0 Å². The predicted octanol–water partition coefficient (Wildman–Crippen LogP) is 2.37. The molecule has 1 saturated carbocycles. The van der Waals surface area contributed by atoms with Gasteiger partial charge in [-0.2, -0.15) is 0 Å². The highest BCUT2D eigenvalue weighted by atomic mass is 16.4. The number of aromatic nitrogens is 1. The topological polar surface area (TPSA) is 58.4 Å². The third-order valence-electron chi connectivity index (χ3n) is 4.47. The molecule has 0 radical (unpaired) electrons. The maximum atomic E-state index is 12.1. The van der Waals surface area contributed by atoms with Crippen LogP contribution in [-0.4, -0.2) is 28.9 Å². The van der Waals surface area contributed by atoms with Gasteiger partial charge in [0.1, 0.15) is 5.76 Å². The monoisotopic (exact) mass is 311 g/mol. The second-order valence-corrected chi connectivity index (χ2v) is 6.49. The second kappa shape index (κ2) is 6.16. The Kier molecular flexibility index (Phi) is 3.87. The maximum Gasteiger partial charge on any atom is 0.307 e. The van der Waals surface area contributed by atoms with E-state index < -0.39 is 0 Å². The van der Waals surface area contributed by atoms with E-state index in [1.54, 1.807) is 0 Å². The Bertz CT molecular complexity index is 668. The molecule has 0 spiro atoms. The lowest BCUT2D eigenvalue weighted by Gasteiger charge is -2.12. The first-order valence-electron chi connectivity index (χ1n) is 8.31. The molecule has 120 valence electrons. The van der Waals surface area contributed by atoms with Gasteiger partial charge >= 0.3 is 5.91 Å². The number of hydrogen-bond donors (Lipinski definition) is 1. The summed E-state index contributed by atoms with van der Waals surface area (Å²) in [5.41, 5.74) is 2.14. The molecule has 1 aromatic heterocycles. The molecule has 1 N–H and O–H groups in total. The van der Waals surface area contributed by atoms with Gasteiger partial charge in [-0.3, -0.25) is 9.69 Å². The van der Waals surface area contributed by atoms with Crippen LogP contribution in [0.15, 0.2) is 34.7 Å². The summed E-state index contributed by atoms with van der Waals surface area (Å²) in [4.78, 5) is 18.9. The number of rotatable bonds is 6. The quantitative estimate of drug-likeness (QED) is 0.890. The van der Waals surface area contributed by atoms with Gasteiger partial charge in [0.15, 0.2) is 0 Å². The van der Waals surface area contributed by atoms with Crippen LogP contribution in [0.3, 0.4) is 0 Å². The van der Waals surface area contributed by atoms with Gasteiger partial charge in [0.05, 0.1) is 12.2 Å². The van der Waals surface area contributed by atoms with E-state index in [1.807, 2.05) is 18.2 Å². The number of carbonyl (C=O) groups is 1. The van der Waals surface area contributed by atoms with Gasteiger partial charge in [0.25, 0.3) is 5.89 Å². The van der Waals surface area contributed by atoms with Crippen molar-refractivity contribution in [3.8, 4) is 0 Å². The van der Waals surface area contributed by atoms with E-state index in [0.29, 0.717) is 6.54 Å². The predicted molar refractivity (Wildman–Crippen MR) is 85.8 cm³/mol. The first-order valence-corrected chi connectivity index (χ1v) is 8.31. The van der Waals surface area contributed by atoms with E-state index >= 15 is 0 Å². The van der Waals surface area contributed by atoms with Crippen molar-refractivity contribution in [3.63, 3.8) is 0 Å². The molecule has 1 fully saturated rings. The molecule has 2 heterocycles. The number of amides is 1. The van der Waals surface area contributed by atoms with E-state index in [2.05, 4.69) is 27.3 Å². The van der Waals surface area contributed by atoms with E-state index in [9.17, 15) is 4.79 Å². The van der Waals surface area contributed by atoms with Crippen molar-refractivity contribution in [1.29, 1.82) is 0 Å². The highest BCUT2D eigenvalue weighted by Crippen LogP contribution is 2.33. The molecule has 0 saturated heterocycles. The van der Waals surface area contributed by atoms with Crippen molar-refractivity contribution in [2.24, 2.45) is 5.92 Å². The lowest BCUT2D eigenvalue weighted by Crippen LogP contribution is -2.26. The van der Waals surface area contributed by atoms with E-state index in [4.69, 9.17) is 4.42 Å². The lowest BCUT2D eigenvalue weighted by molar-refractivity contribution is 0.0915. The van der Waals surface area contributed by atoms with Gasteiger partial charge < -0.3 is 9.73 Å². The zero-order valence-corrected chi connectivity index (χ0v) is 13.1. The molecule has 5 heteroatoms. The Morgan fingerprint density at radius 2 is 2.09 bits per heavy atom. The molecule has 1 amide bonds. The molecule has 2 aromatic rings. The Morgan fingerprint density at radius 1 is 1.26 bits per heavy atom. The summed E-state index contributed by atoms with van der Waals surface area (Å²) >= 11 is 0. The summed E-state index contributed by atoms with van der Waals surface area (Å²) in [6.45, 7) is 3.32. The molecule has 4 rings (SSSR count). The third-order valence-corrected chi connectivity index (χ3v) is 4.47. The molecule has 1 aromatic carbocycles. The number of carbonyl (C=O) groups excluding carboxylic acids is 1. The highest BCUT2D eigenvalue weighted by molar-refractivity contribution is 5.89. The molecular formula is C18H21N3O2. The number of fused-ring (bicyclic) bond motifs is 1. The average Bonchev–Trinajstić information content (AvgIpc) is 3.15. The molecule has 1 aliphatic carbocycles. The summed E-state index contributed by atoms with van der Waals surface area (Å²) in [5.74, 6) is 1.71. The fourth-order valence-corrected chi connectivity index (χ4v) is 3.03. The second-order valence-electron chi connectivity index (χ2n) is 6.49. The van der Waals surface area contributed by atoms with E-state index in [-0.39, 0.29) is 11.8 Å². The van der Waals surface area contributed by atoms with Gasteiger partial charge in [0, 0.05) is 19.6 Å². The van der Waals surface area contributed by atoms with Crippen molar-refractivity contribution < 1.29 is 9.21 Å². The maximum absolute atomic E-state index is 12.1. The van der Waals surface area contributed by atoms with Crippen LogP contribution in [0.4, 0.5) is 0 Å². The number of hydrogen-bond acceptors (Lipinski definition) is 4. The van der Waals surface area contributed by atoms with Crippen LogP contribution in [0.25, 0.3) is 0 Å². The summed E-state index contributed by atoms with van der Waals surface area (Å²) in [7, 11) is 0. The Labute approximate surface area is 135 Å². The molecule has 5 nitrogen and oxygen atoms in total. The van der Waals surface area contributed by atoms with Crippen molar-refractivity contribution in [1.82, 2.24) is 15.2 Å². The van der Waals surface area contributed by atoms with Crippen molar-refractivity contribution in [2.75, 3.05) is 13.1 Å². The van der Waals surface area contributed by atoms with Crippen LogP contribution < -0.4 is 5.32 Å². The van der Waals surface area contributed by atoms with Crippen LogP contribution in [0.2, 0.25) is 0 Å². The van der Waals surface area contributed by atoms with Gasteiger partial charge in [-0.25, -0.2) is 4.98 Å². The summed E-state index contributed by atoms with van der Waals surface area (Å²) in [6.07, 6.45) is 3.50. The number of oxazole rings is 1. The Morgan fingerprint density at radius 3 is 2.83 bits per heavy atom. The zero-order chi connectivity index (χ0) is 15.6. The lowest BCUT2D eigenvalue weighted by atomic mass is 10.1. The molecular weight excluding hydrogens is 290 g/mol. The van der Waals surface area contributed by atoms with Crippen molar-refractivity contribution in [3.05, 3.63) is 53.2 Å². The van der Waals surface area contributed by atoms with Gasteiger partial charge in [-0.15, -0.1) is 0 Å². The minimum atomic E-state index is -0.218. The van der Waals surface area contributed by atoms with Crippen molar-refractivity contribution >= 4 is 5.91 Å². The van der Waals surface area contributed by atoms with E-state index in [1.165, 1.54) is 18.4 Å². The summed E-state index contributed by atoms with van der Waals surface area (Å²) in [6, 6.07) is 10.1. The minimum Gasteiger partial charge on any atom is -0.436 e. The summed E-state index contributed by atoms with van der Waals surface area (Å²) in [5, 5.41) is 2.88. The summed E-state index contributed by atoms with van der Waals surface area (Å²) < 4.78 is 5.66. The average molecular weight is 311 g/mol. The highest BCUT2D eigenvalue weighted by Gasteiger charge is 2.31. The van der Waals surface area contributed by atoms with Crippen LogP contribution in [-0.2, 0) is 19.5 Å².